The summed E-state index contributed by atoms with van der Waals surface area (Å²) in [5.74, 6) is 0. The van der Waals surface area contributed by atoms with Crippen LogP contribution in [-0.4, -0.2) is 21.4 Å². The van der Waals surface area contributed by atoms with Crippen molar-refractivity contribution in [2.75, 3.05) is 11.9 Å². The number of rotatable bonds is 5. The highest BCUT2D eigenvalue weighted by atomic mass is 16.6. The quantitative estimate of drug-likeness (QED) is 0.422. The zero-order chi connectivity index (χ0) is 17.2. The lowest BCUT2D eigenvalue weighted by Gasteiger charge is -2.09. The van der Waals surface area contributed by atoms with Crippen LogP contribution in [0.15, 0.2) is 60.9 Å². The molecule has 0 aliphatic rings. The molecule has 0 amide bonds. The van der Waals surface area contributed by atoms with Gasteiger partial charge in [0, 0.05) is 35.9 Å². The van der Waals surface area contributed by atoms with Crippen LogP contribution in [0.5, 0.6) is 0 Å². The fraction of sp³-hybridized carbons (Fsp3) is 0.105. The van der Waals surface area contributed by atoms with Crippen LogP contribution in [0.4, 0.5) is 11.4 Å². The van der Waals surface area contributed by atoms with E-state index < -0.39 is 0 Å². The molecule has 2 N–H and O–H groups in total. The summed E-state index contributed by atoms with van der Waals surface area (Å²) >= 11 is 0. The smallest absolute Gasteiger partial charge is 0.278 e. The van der Waals surface area contributed by atoms with Crippen molar-refractivity contribution < 1.29 is 4.92 Å². The molecule has 0 saturated heterocycles. The predicted molar refractivity (Wildman–Crippen MR) is 98.9 cm³/mol. The van der Waals surface area contributed by atoms with Crippen LogP contribution in [-0.2, 0) is 6.42 Å². The molecule has 25 heavy (non-hydrogen) atoms. The van der Waals surface area contributed by atoms with E-state index in [2.05, 4.69) is 27.4 Å². The Hall–Kier alpha value is -3.41. The Morgan fingerprint density at radius 2 is 1.92 bits per heavy atom. The topological polar surface area (TPSA) is 83.9 Å². The highest BCUT2D eigenvalue weighted by molar-refractivity contribution is 5.96. The number of aromatic amines is 1. The molecule has 0 spiro atoms. The number of nitro groups is 1. The number of nitrogens with zero attached hydrogens (tertiary/aromatic N) is 2. The summed E-state index contributed by atoms with van der Waals surface area (Å²) < 4.78 is 0. The first-order chi connectivity index (χ1) is 12.2. The molecule has 0 bridgehead atoms. The molecule has 0 radical (unpaired) electrons. The van der Waals surface area contributed by atoms with Gasteiger partial charge in [-0.15, -0.1) is 0 Å². The number of fused-ring (bicyclic) bond motifs is 2. The third-order valence-corrected chi connectivity index (χ3v) is 4.33. The number of aromatic nitrogens is 2. The second kappa shape index (κ2) is 6.24. The Labute approximate surface area is 143 Å². The average molecular weight is 332 g/mol. The summed E-state index contributed by atoms with van der Waals surface area (Å²) in [6.07, 6.45) is 4.52. The third kappa shape index (κ3) is 2.78. The van der Waals surface area contributed by atoms with Gasteiger partial charge in [-0.05, 0) is 36.2 Å². The van der Waals surface area contributed by atoms with Crippen molar-refractivity contribution in [2.45, 2.75) is 6.42 Å². The Morgan fingerprint density at radius 1 is 1.08 bits per heavy atom. The van der Waals surface area contributed by atoms with E-state index >= 15 is 0 Å². The number of non-ortho nitro benzene ring substituents is 1. The van der Waals surface area contributed by atoms with Crippen molar-refractivity contribution in [2.24, 2.45) is 0 Å². The summed E-state index contributed by atoms with van der Waals surface area (Å²) in [6, 6.07) is 14.9. The molecule has 2 aromatic carbocycles. The number of nitro benzene ring substituents is 1. The standard InChI is InChI=1S/C19H16N4O2/c24-23(25)18-8-7-17(19-15(18)5-3-10-21-19)20-11-9-13-12-22-16-6-2-1-4-14(13)16/h1-8,10,12,20,22H,9,11H2. The SMILES string of the molecule is O=[N+]([O-])c1ccc(NCCc2c[nH]c3ccccc23)c2ncccc12. The lowest BCUT2D eigenvalue weighted by Crippen LogP contribution is -2.06. The molecule has 0 aliphatic carbocycles. The number of pyridine rings is 1. The molecule has 4 rings (SSSR count). The van der Waals surface area contributed by atoms with Crippen molar-refractivity contribution in [3.05, 3.63) is 76.6 Å². The van der Waals surface area contributed by atoms with E-state index in [1.807, 2.05) is 18.3 Å². The Balaban J connectivity index is 1.57. The summed E-state index contributed by atoms with van der Waals surface area (Å²) in [6.45, 7) is 0.714. The van der Waals surface area contributed by atoms with Gasteiger partial charge in [-0.25, -0.2) is 0 Å². The minimum absolute atomic E-state index is 0.0743. The van der Waals surface area contributed by atoms with E-state index in [1.54, 1.807) is 24.4 Å². The Bertz CT molecular complexity index is 1070. The van der Waals surface area contributed by atoms with Crippen molar-refractivity contribution in [3.63, 3.8) is 0 Å². The van der Waals surface area contributed by atoms with E-state index in [4.69, 9.17) is 0 Å². The highest BCUT2D eigenvalue weighted by Crippen LogP contribution is 2.29. The maximum atomic E-state index is 11.2. The van der Waals surface area contributed by atoms with Crippen LogP contribution in [0.25, 0.3) is 21.8 Å². The normalized spacial score (nSPS) is 11.0. The lowest BCUT2D eigenvalue weighted by atomic mass is 10.1. The molecule has 0 aliphatic heterocycles. The maximum absolute atomic E-state index is 11.2. The fourth-order valence-electron chi connectivity index (χ4n) is 3.13. The van der Waals surface area contributed by atoms with E-state index in [9.17, 15) is 10.1 Å². The van der Waals surface area contributed by atoms with Gasteiger partial charge in [-0.2, -0.15) is 0 Å². The minimum Gasteiger partial charge on any atom is -0.383 e. The number of anilines is 1. The van der Waals surface area contributed by atoms with Gasteiger partial charge >= 0.3 is 0 Å². The van der Waals surface area contributed by atoms with Gasteiger partial charge in [0.05, 0.1) is 16.0 Å². The zero-order valence-electron chi connectivity index (χ0n) is 13.4. The molecule has 0 saturated carbocycles. The third-order valence-electron chi connectivity index (χ3n) is 4.33. The molecule has 2 aromatic heterocycles. The Kier molecular flexibility index (Phi) is 3.78. The maximum Gasteiger partial charge on any atom is 0.278 e. The second-order valence-electron chi connectivity index (χ2n) is 5.83. The van der Waals surface area contributed by atoms with Gasteiger partial charge in [0.25, 0.3) is 5.69 Å². The summed E-state index contributed by atoms with van der Waals surface area (Å²) in [5, 5.41) is 16.3. The van der Waals surface area contributed by atoms with Gasteiger partial charge in [0.2, 0.25) is 0 Å². The first-order valence-corrected chi connectivity index (χ1v) is 8.05. The van der Waals surface area contributed by atoms with Crippen molar-refractivity contribution in [3.8, 4) is 0 Å². The van der Waals surface area contributed by atoms with Crippen LogP contribution in [0.2, 0.25) is 0 Å². The number of hydrogen-bond acceptors (Lipinski definition) is 4. The van der Waals surface area contributed by atoms with E-state index in [-0.39, 0.29) is 10.6 Å². The summed E-state index contributed by atoms with van der Waals surface area (Å²) in [7, 11) is 0. The molecule has 2 heterocycles. The number of para-hydroxylation sites is 1. The minimum atomic E-state index is -0.375. The summed E-state index contributed by atoms with van der Waals surface area (Å²) in [5.41, 5.74) is 3.86. The van der Waals surface area contributed by atoms with Crippen LogP contribution in [0.1, 0.15) is 5.56 Å². The van der Waals surface area contributed by atoms with Gasteiger partial charge in [0.15, 0.2) is 0 Å². The monoisotopic (exact) mass is 332 g/mol. The van der Waals surface area contributed by atoms with Crippen LogP contribution < -0.4 is 5.32 Å². The molecule has 124 valence electrons. The zero-order valence-corrected chi connectivity index (χ0v) is 13.4. The second-order valence-corrected chi connectivity index (χ2v) is 5.83. The number of nitrogens with one attached hydrogen (secondary N) is 2. The molecular weight excluding hydrogens is 316 g/mol. The fourth-order valence-corrected chi connectivity index (χ4v) is 3.13. The molecule has 6 nitrogen and oxygen atoms in total. The first kappa shape index (κ1) is 15.1. The average Bonchev–Trinajstić information content (AvgIpc) is 3.05. The van der Waals surface area contributed by atoms with Gasteiger partial charge in [-0.3, -0.25) is 15.1 Å². The first-order valence-electron chi connectivity index (χ1n) is 8.05. The molecule has 0 unspecified atom stereocenters. The highest BCUT2D eigenvalue weighted by Gasteiger charge is 2.14. The molecule has 0 atom stereocenters. The van der Waals surface area contributed by atoms with E-state index in [1.165, 1.54) is 17.0 Å². The molecule has 0 fully saturated rings. The van der Waals surface area contributed by atoms with E-state index in [0.717, 1.165) is 17.6 Å². The number of hydrogen-bond donors (Lipinski definition) is 2. The van der Waals surface area contributed by atoms with Gasteiger partial charge in [0.1, 0.15) is 5.52 Å². The van der Waals surface area contributed by atoms with Crippen LogP contribution in [0.3, 0.4) is 0 Å². The Morgan fingerprint density at radius 3 is 2.80 bits per heavy atom. The molecular formula is C19H16N4O2. The van der Waals surface area contributed by atoms with Crippen molar-refractivity contribution in [1.82, 2.24) is 9.97 Å². The molecule has 6 heteroatoms. The molecule has 4 aromatic rings. The largest absolute Gasteiger partial charge is 0.383 e. The lowest BCUT2D eigenvalue weighted by molar-refractivity contribution is -0.383. The van der Waals surface area contributed by atoms with Gasteiger partial charge in [-0.1, -0.05) is 18.2 Å². The van der Waals surface area contributed by atoms with Crippen molar-refractivity contribution >= 4 is 33.2 Å². The summed E-state index contributed by atoms with van der Waals surface area (Å²) in [4.78, 5) is 18.4. The van der Waals surface area contributed by atoms with Crippen molar-refractivity contribution in [1.29, 1.82) is 0 Å². The van der Waals surface area contributed by atoms with Crippen LogP contribution >= 0.6 is 0 Å². The number of H-pyrrole nitrogens is 1. The van der Waals surface area contributed by atoms with Gasteiger partial charge < -0.3 is 10.3 Å². The van der Waals surface area contributed by atoms with Crippen LogP contribution in [0, 0.1) is 10.1 Å². The number of benzene rings is 2. The predicted octanol–water partition coefficient (Wildman–Crippen LogP) is 4.28. The van der Waals surface area contributed by atoms with E-state index in [0.29, 0.717) is 17.4 Å².